The van der Waals surface area contributed by atoms with Crippen LogP contribution in [0.3, 0.4) is 0 Å². The van der Waals surface area contributed by atoms with E-state index < -0.39 is 10.0 Å². The van der Waals surface area contributed by atoms with Crippen molar-refractivity contribution in [1.29, 1.82) is 0 Å². The minimum Gasteiger partial charge on any atom is -0.507 e. The van der Waals surface area contributed by atoms with Crippen LogP contribution in [0.2, 0.25) is 0 Å². The molecule has 1 saturated heterocycles. The van der Waals surface area contributed by atoms with Crippen molar-refractivity contribution in [1.82, 2.24) is 9.21 Å². The summed E-state index contributed by atoms with van der Waals surface area (Å²) in [5.74, 6) is -0.681. The van der Waals surface area contributed by atoms with Crippen LogP contribution >= 0.6 is 15.9 Å². The molecule has 1 N–H and O–H groups in total. The average Bonchev–Trinajstić information content (AvgIpc) is 2.69. The number of sulfonamides is 1. The highest BCUT2D eigenvalue weighted by atomic mass is 79.9. The van der Waals surface area contributed by atoms with E-state index in [2.05, 4.69) is 15.9 Å². The first kappa shape index (κ1) is 20.5. The molecule has 9 heteroatoms. The van der Waals surface area contributed by atoms with Crippen molar-refractivity contribution in [3.63, 3.8) is 0 Å². The molecule has 0 spiro atoms. The second-order valence-corrected chi connectivity index (χ2v) is 9.30. The monoisotopic (exact) mass is 466 g/mol. The smallest absolute Gasteiger partial charge is 0.257 e. The lowest BCUT2D eigenvalue weighted by Crippen LogP contribution is -2.50. The number of Topliss-reactive ketones (excluding diaryl/α,β-unsaturated/α-hetero) is 1. The van der Waals surface area contributed by atoms with Crippen molar-refractivity contribution < 1.29 is 23.1 Å². The summed E-state index contributed by atoms with van der Waals surface area (Å²) in [6.07, 6.45) is 0. The predicted octanol–water partition coefficient (Wildman–Crippen LogP) is 2.50. The fourth-order valence-corrected chi connectivity index (χ4v) is 4.84. The molecule has 2 aromatic rings. The second kappa shape index (κ2) is 8.02. The zero-order chi connectivity index (χ0) is 20.5. The van der Waals surface area contributed by atoms with Gasteiger partial charge in [0, 0.05) is 36.2 Å². The van der Waals surface area contributed by atoms with Gasteiger partial charge in [-0.15, -0.1) is 0 Å². The van der Waals surface area contributed by atoms with Gasteiger partial charge in [0.25, 0.3) is 5.91 Å². The Labute approximate surface area is 171 Å². The number of carbonyl (C=O) groups excluding carboxylic acids is 2. The van der Waals surface area contributed by atoms with Crippen LogP contribution in [0.25, 0.3) is 0 Å². The van der Waals surface area contributed by atoms with Crippen molar-refractivity contribution in [3.8, 4) is 5.75 Å². The Bertz CT molecular complexity index is 1030. The molecule has 28 heavy (non-hydrogen) atoms. The van der Waals surface area contributed by atoms with E-state index in [-0.39, 0.29) is 54.1 Å². The van der Waals surface area contributed by atoms with E-state index in [0.717, 1.165) is 0 Å². The number of benzene rings is 2. The number of carbonyl (C=O) groups is 2. The molecule has 0 bridgehead atoms. The van der Waals surface area contributed by atoms with Crippen LogP contribution in [0.15, 0.2) is 51.8 Å². The Morgan fingerprint density at radius 1 is 1.04 bits per heavy atom. The van der Waals surface area contributed by atoms with Gasteiger partial charge in [-0.25, -0.2) is 8.42 Å². The average molecular weight is 467 g/mol. The van der Waals surface area contributed by atoms with Crippen LogP contribution < -0.4 is 0 Å². The zero-order valence-corrected chi connectivity index (χ0v) is 17.5. The molecule has 1 heterocycles. The molecule has 1 aliphatic rings. The summed E-state index contributed by atoms with van der Waals surface area (Å²) in [5.41, 5.74) is 0.500. The third-order valence-electron chi connectivity index (χ3n) is 4.59. The Morgan fingerprint density at radius 3 is 2.36 bits per heavy atom. The lowest BCUT2D eigenvalue weighted by molar-refractivity contribution is 0.0694. The number of halogens is 1. The third kappa shape index (κ3) is 4.11. The van der Waals surface area contributed by atoms with Gasteiger partial charge in [-0.1, -0.05) is 28.1 Å². The highest BCUT2D eigenvalue weighted by molar-refractivity contribution is 9.10. The van der Waals surface area contributed by atoms with Gasteiger partial charge in [-0.3, -0.25) is 9.59 Å². The maximum atomic E-state index is 12.9. The van der Waals surface area contributed by atoms with Gasteiger partial charge in [0.15, 0.2) is 5.78 Å². The van der Waals surface area contributed by atoms with Gasteiger partial charge in [0.2, 0.25) is 10.0 Å². The Hall–Kier alpha value is -2.23. The van der Waals surface area contributed by atoms with Gasteiger partial charge in [0.1, 0.15) is 5.75 Å². The number of piperazine rings is 1. The molecule has 3 rings (SSSR count). The molecule has 1 amide bonds. The van der Waals surface area contributed by atoms with Gasteiger partial charge in [-0.2, -0.15) is 4.31 Å². The number of rotatable bonds is 4. The zero-order valence-electron chi connectivity index (χ0n) is 15.1. The number of phenols is 1. The Balaban J connectivity index is 1.74. The molecule has 0 unspecified atom stereocenters. The SMILES string of the molecule is CC(=O)c1cccc(S(=O)(=O)N2CCN(C(=O)c3cc(Br)ccc3O)CC2)c1. The lowest BCUT2D eigenvalue weighted by atomic mass is 10.1. The van der Waals surface area contributed by atoms with Gasteiger partial charge in [-0.05, 0) is 37.3 Å². The molecule has 148 valence electrons. The highest BCUT2D eigenvalue weighted by Crippen LogP contribution is 2.25. The van der Waals surface area contributed by atoms with E-state index in [0.29, 0.717) is 10.0 Å². The molecule has 0 aromatic heterocycles. The van der Waals surface area contributed by atoms with Crippen molar-refractivity contribution in [2.45, 2.75) is 11.8 Å². The number of hydrogen-bond acceptors (Lipinski definition) is 5. The molecular formula is C19H19BrN2O5S. The normalized spacial score (nSPS) is 15.4. The molecule has 0 aliphatic carbocycles. The first-order chi connectivity index (χ1) is 13.2. The van der Waals surface area contributed by atoms with Crippen molar-refractivity contribution in [2.24, 2.45) is 0 Å². The number of aromatic hydroxyl groups is 1. The van der Waals surface area contributed by atoms with Gasteiger partial charge < -0.3 is 10.0 Å². The number of phenolic OH excluding ortho intramolecular Hbond substituents is 1. The van der Waals surface area contributed by atoms with E-state index in [1.165, 1.54) is 40.4 Å². The quantitative estimate of drug-likeness (QED) is 0.698. The van der Waals surface area contributed by atoms with E-state index in [9.17, 15) is 23.1 Å². The number of ketones is 1. The number of amides is 1. The summed E-state index contributed by atoms with van der Waals surface area (Å²) in [6, 6.07) is 10.5. The van der Waals surface area contributed by atoms with Crippen molar-refractivity contribution in [3.05, 3.63) is 58.1 Å². The van der Waals surface area contributed by atoms with Crippen LogP contribution in [-0.2, 0) is 10.0 Å². The highest BCUT2D eigenvalue weighted by Gasteiger charge is 2.31. The van der Waals surface area contributed by atoms with Gasteiger partial charge >= 0.3 is 0 Å². The van der Waals surface area contributed by atoms with Crippen LogP contribution in [0, 0.1) is 0 Å². The van der Waals surface area contributed by atoms with E-state index >= 15 is 0 Å². The standard InChI is InChI=1S/C19H19BrN2O5S/c1-13(23)14-3-2-4-16(11-14)28(26,27)22-9-7-21(8-10-22)19(25)17-12-15(20)5-6-18(17)24/h2-6,11-12,24H,7-10H2,1H3. The molecule has 1 fully saturated rings. The largest absolute Gasteiger partial charge is 0.507 e. The topological polar surface area (TPSA) is 95.0 Å². The van der Waals surface area contributed by atoms with Gasteiger partial charge in [0.05, 0.1) is 10.5 Å². The Morgan fingerprint density at radius 2 is 1.71 bits per heavy atom. The predicted molar refractivity (Wildman–Crippen MR) is 107 cm³/mol. The molecule has 2 aromatic carbocycles. The minimum absolute atomic E-state index is 0.0598. The summed E-state index contributed by atoms with van der Waals surface area (Å²) in [7, 11) is -3.76. The minimum atomic E-state index is -3.76. The second-order valence-electron chi connectivity index (χ2n) is 6.44. The van der Waals surface area contributed by atoms with Crippen LogP contribution in [-0.4, -0.2) is 60.6 Å². The van der Waals surface area contributed by atoms with Crippen LogP contribution in [0.4, 0.5) is 0 Å². The molecule has 7 nitrogen and oxygen atoms in total. The van der Waals surface area contributed by atoms with Crippen molar-refractivity contribution >= 4 is 37.6 Å². The molecule has 0 radical (unpaired) electrons. The fourth-order valence-electron chi connectivity index (χ4n) is 3.01. The van der Waals surface area contributed by atoms with E-state index in [4.69, 9.17) is 0 Å². The third-order valence-corrected chi connectivity index (χ3v) is 6.98. The summed E-state index contributed by atoms with van der Waals surface area (Å²) in [5, 5.41) is 9.93. The summed E-state index contributed by atoms with van der Waals surface area (Å²) >= 11 is 3.27. The molecule has 0 atom stereocenters. The maximum Gasteiger partial charge on any atom is 0.257 e. The number of hydrogen-bond donors (Lipinski definition) is 1. The summed E-state index contributed by atoms with van der Waals surface area (Å²) < 4.78 is 27.7. The van der Waals surface area contributed by atoms with E-state index in [1.807, 2.05) is 0 Å². The van der Waals surface area contributed by atoms with Crippen molar-refractivity contribution in [2.75, 3.05) is 26.2 Å². The molecule has 0 saturated carbocycles. The molecule has 1 aliphatic heterocycles. The first-order valence-electron chi connectivity index (χ1n) is 8.59. The van der Waals surface area contributed by atoms with E-state index in [1.54, 1.807) is 18.2 Å². The summed E-state index contributed by atoms with van der Waals surface area (Å²) in [6.45, 7) is 2.06. The Kier molecular flexibility index (Phi) is 5.87. The maximum absolute atomic E-state index is 12.9. The lowest BCUT2D eigenvalue weighted by Gasteiger charge is -2.34. The fraction of sp³-hybridized carbons (Fsp3) is 0.263. The first-order valence-corrected chi connectivity index (χ1v) is 10.8. The van der Waals surface area contributed by atoms with Crippen LogP contribution in [0.1, 0.15) is 27.6 Å². The number of nitrogens with zero attached hydrogens (tertiary/aromatic N) is 2. The summed E-state index contributed by atoms with van der Waals surface area (Å²) in [4.78, 5) is 25.8. The van der Waals surface area contributed by atoms with Crippen LogP contribution in [0.5, 0.6) is 5.75 Å². The molecular weight excluding hydrogens is 448 g/mol.